The van der Waals surface area contributed by atoms with Crippen LogP contribution in [0.15, 0.2) is 23.3 Å². The van der Waals surface area contributed by atoms with Crippen molar-refractivity contribution in [3.05, 3.63) is 29.6 Å². The van der Waals surface area contributed by atoms with E-state index in [4.69, 9.17) is 11.6 Å². The summed E-state index contributed by atoms with van der Waals surface area (Å²) in [6, 6.07) is 3.31. The summed E-state index contributed by atoms with van der Waals surface area (Å²) in [5.74, 6) is 0.162. The van der Waals surface area contributed by atoms with E-state index >= 15 is 0 Å². The van der Waals surface area contributed by atoms with Crippen LogP contribution in [0.2, 0.25) is 0 Å². The van der Waals surface area contributed by atoms with Crippen molar-refractivity contribution in [1.82, 2.24) is 15.6 Å². The lowest BCUT2D eigenvalue weighted by molar-refractivity contribution is -0.123. The van der Waals surface area contributed by atoms with Gasteiger partial charge in [-0.2, -0.15) is 4.99 Å². The van der Waals surface area contributed by atoms with Crippen molar-refractivity contribution in [3.63, 3.8) is 0 Å². The van der Waals surface area contributed by atoms with Crippen molar-refractivity contribution in [2.45, 2.75) is 26.3 Å². The maximum absolute atomic E-state index is 12.2. The summed E-state index contributed by atoms with van der Waals surface area (Å²) in [7, 11) is 0. The van der Waals surface area contributed by atoms with E-state index in [1.807, 2.05) is 13.8 Å². The number of alkyl halides is 1. The summed E-state index contributed by atoms with van der Waals surface area (Å²) in [4.78, 5) is 32.6. The monoisotopic (exact) mass is 322 g/mol. The largest absolute Gasteiger partial charge is 0.354 e. The van der Waals surface area contributed by atoms with Gasteiger partial charge in [-0.25, -0.2) is 0 Å². The minimum Gasteiger partial charge on any atom is -0.354 e. The van der Waals surface area contributed by atoms with Gasteiger partial charge < -0.3 is 10.6 Å². The van der Waals surface area contributed by atoms with Gasteiger partial charge in [-0.15, -0.1) is 11.6 Å². The topological polar surface area (TPSA) is 83.4 Å². The number of carbonyl (C=O) groups is 2. The first-order chi connectivity index (χ1) is 10.4. The molecule has 0 aromatic carbocycles. The summed E-state index contributed by atoms with van der Waals surface area (Å²) >= 11 is 5.58. The fourth-order valence-corrected chi connectivity index (χ4v) is 2.18. The molecule has 2 N–H and O–H groups in total. The molecule has 0 spiro atoms. The van der Waals surface area contributed by atoms with Crippen LogP contribution in [0.25, 0.3) is 0 Å². The van der Waals surface area contributed by atoms with E-state index < -0.39 is 5.54 Å². The lowest BCUT2D eigenvalue weighted by atomic mass is 9.88. The van der Waals surface area contributed by atoms with Gasteiger partial charge in [0.05, 0.1) is 5.56 Å². The molecule has 0 saturated carbocycles. The summed E-state index contributed by atoms with van der Waals surface area (Å²) < 4.78 is 0. The first-order valence-electron chi connectivity index (χ1n) is 7.11. The Morgan fingerprint density at radius 2 is 2.23 bits per heavy atom. The van der Waals surface area contributed by atoms with E-state index in [9.17, 15) is 9.59 Å². The number of nitrogens with zero attached hydrogens (tertiary/aromatic N) is 2. The fourth-order valence-electron chi connectivity index (χ4n) is 2.08. The van der Waals surface area contributed by atoms with Crippen LogP contribution in [0.1, 0.15) is 36.8 Å². The molecule has 0 aliphatic carbocycles. The lowest BCUT2D eigenvalue weighted by Gasteiger charge is -2.27. The molecule has 2 heterocycles. The zero-order chi connectivity index (χ0) is 16.3. The highest BCUT2D eigenvalue weighted by molar-refractivity contribution is 6.18. The van der Waals surface area contributed by atoms with Crippen LogP contribution < -0.4 is 10.6 Å². The van der Waals surface area contributed by atoms with E-state index in [1.165, 1.54) is 0 Å². The molecule has 2 rings (SSSR count). The van der Waals surface area contributed by atoms with Gasteiger partial charge >= 0.3 is 0 Å². The molecule has 1 unspecified atom stereocenters. The molecule has 22 heavy (non-hydrogen) atoms. The van der Waals surface area contributed by atoms with Gasteiger partial charge in [0.15, 0.2) is 5.84 Å². The fraction of sp³-hybridized carbons (Fsp3) is 0.467. The molecular weight excluding hydrogens is 304 g/mol. The second-order valence-electron chi connectivity index (χ2n) is 5.59. The van der Waals surface area contributed by atoms with Crippen molar-refractivity contribution >= 4 is 29.3 Å². The van der Waals surface area contributed by atoms with E-state index in [0.29, 0.717) is 29.5 Å². The summed E-state index contributed by atoms with van der Waals surface area (Å²) in [5, 5.41) is 5.80. The molecule has 118 valence electrons. The van der Waals surface area contributed by atoms with Crippen LogP contribution in [-0.2, 0) is 4.79 Å². The number of pyridine rings is 1. The van der Waals surface area contributed by atoms with Crippen LogP contribution in [-0.4, -0.2) is 40.6 Å². The molecule has 1 aliphatic rings. The Hall–Kier alpha value is -1.95. The smallest absolute Gasteiger partial charge is 0.273 e. The summed E-state index contributed by atoms with van der Waals surface area (Å²) in [6.07, 6.45) is 1.56. The van der Waals surface area contributed by atoms with Crippen molar-refractivity contribution in [1.29, 1.82) is 0 Å². The lowest BCUT2D eigenvalue weighted by Crippen LogP contribution is -2.50. The average molecular weight is 323 g/mol. The quantitative estimate of drug-likeness (QED) is 0.801. The number of amides is 2. The first-order valence-corrected chi connectivity index (χ1v) is 7.64. The first kappa shape index (κ1) is 16.4. The molecule has 2 amide bonds. The zero-order valence-electron chi connectivity index (χ0n) is 12.8. The van der Waals surface area contributed by atoms with E-state index in [0.717, 1.165) is 0 Å². The van der Waals surface area contributed by atoms with E-state index in [1.54, 1.807) is 25.3 Å². The number of halogens is 1. The number of nitrogens with one attached hydrogen (secondary N) is 2. The molecule has 1 aromatic heterocycles. The van der Waals surface area contributed by atoms with Crippen LogP contribution >= 0.6 is 11.6 Å². The highest BCUT2D eigenvalue weighted by Gasteiger charge is 2.43. The molecule has 7 heteroatoms. The van der Waals surface area contributed by atoms with Crippen LogP contribution in [0.3, 0.4) is 0 Å². The predicted molar refractivity (Wildman–Crippen MR) is 85.2 cm³/mol. The molecule has 0 saturated heterocycles. The number of aromatic nitrogens is 1. The van der Waals surface area contributed by atoms with Gasteiger partial charge in [0.2, 0.25) is 0 Å². The highest BCUT2D eigenvalue weighted by atomic mass is 35.5. The van der Waals surface area contributed by atoms with Crippen molar-refractivity contribution < 1.29 is 9.59 Å². The van der Waals surface area contributed by atoms with Gasteiger partial charge in [-0.05, 0) is 25.0 Å². The Morgan fingerprint density at radius 3 is 2.82 bits per heavy atom. The van der Waals surface area contributed by atoms with Gasteiger partial charge in [0, 0.05) is 18.6 Å². The molecule has 0 fully saturated rings. The Labute approximate surface area is 134 Å². The van der Waals surface area contributed by atoms with Gasteiger partial charge in [0.1, 0.15) is 11.2 Å². The summed E-state index contributed by atoms with van der Waals surface area (Å²) in [5.41, 5.74) is -0.0523. The minimum atomic E-state index is -0.781. The SMILES string of the molecule is CC(C)C1(C)NC(c2ncccc2C(=O)NCCCl)=NC1=O. The Bertz CT molecular complexity index is 630. The molecule has 1 aliphatic heterocycles. The molecular formula is C15H19ClN4O2. The maximum Gasteiger partial charge on any atom is 0.273 e. The Kier molecular flexibility index (Phi) is 4.81. The van der Waals surface area contributed by atoms with Crippen molar-refractivity contribution in [2.75, 3.05) is 12.4 Å². The van der Waals surface area contributed by atoms with Crippen LogP contribution in [0, 0.1) is 5.92 Å². The average Bonchev–Trinajstić information content (AvgIpc) is 2.81. The molecule has 1 aromatic rings. The number of rotatable bonds is 5. The molecule has 0 bridgehead atoms. The van der Waals surface area contributed by atoms with E-state index in [2.05, 4.69) is 20.6 Å². The molecule has 6 nitrogen and oxygen atoms in total. The van der Waals surface area contributed by atoms with Crippen LogP contribution in [0.5, 0.6) is 0 Å². The highest BCUT2D eigenvalue weighted by Crippen LogP contribution is 2.24. The Morgan fingerprint density at radius 1 is 1.50 bits per heavy atom. The summed E-state index contributed by atoms with van der Waals surface area (Å²) in [6.45, 7) is 6.04. The van der Waals surface area contributed by atoms with Gasteiger partial charge in [-0.3, -0.25) is 14.6 Å². The van der Waals surface area contributed by atoms with Crippen LogP contribution in [0.4, 0.5) is 0 Å². The Balaban J connectivity index is 2.33. The van der Waals surface area contributed by atoms with Gasteiger partial charge in [0.25, 0.3) is 11.8 Å². The standard InChI is InChI=1S/C15H19ClN4O2/c1-9(2)15(3)14(22)19-12(20-15)11-10(5-4-7-17-11)13(21)18-8-6-16/h4-5,7,9H,6,8H2,1-3H3,(H,18,21)(H,19,20,22). The van der Waals surface area contributed by atoms with Crippen molar-refractivity contribution in [2.24, 2.45) is 10.9 Å². The number of hydrogen-bond acceptors (Lipinski definition) is 4. The second-order valence-corrected chi connectivity index (χ2v) is 5.97. The third-order valence-electron chi connectivity index (χ3n) is 3.85. The molecule has 0 radical (unpaired) electrons. The second kappa shape index (κ2) is 6.44. The van der Waals surface area contributed by atoms with E-state index in [-0.39, 0.29) is 17.7 Å². The number of carbonyl (C=O) groups excluding carboxylic acids is 2. The third-order valence-corrected chi connectivity index (χ3v) is 4.04. The third kappa shape index (κ3) is 2.97. The van der Waals surface area contributed by atoms with Gasteiger partial charge in [-0.1, -0.05) is 13.8 Å². The normalized spacial score (nSPS) is 20.8. The van der Waals surface area contributed by atoms with Crippen molar-refractivity contribution in [3.8, 4) is 0 Å². The number of hydrogen-bond donors (Lipinski definition) is 2. The predicted octanol–water partition coefficient (Wildman–Crippen LogP) is 1.34. The zero-order valence-corrected chi connectivity index (χ0v) is 13.6. The minimum absolute atomic E-state index is 0.0542. The number of amidine groups is 1. The maximum atomic E-state index is 12.2. The number of aliphatic imine (C=N–C) groups is 1. The molecule has 1 atom stereocenters.